The highest BCUT2D eigenvalue weighted by molar-refractivity contribution is 9.10. The number of hydrogen-bond acceptors (Lipinski definition) is 2. The predicted molar refractivity (Wildman–Crippen MR) is 74.3 cm³/mol. The zero-order valence-electron chi connectivity index (χ0n) is 10.2. The van der Waals surface area contributed by atoms with Gasteiger partial charge in [0.1, 0.15) is 6.61 Å². The number of hydrogen-bond donors (Lipinski definition) is 1. The van der Waals surface area contributed by atoms with Crippen LogP contribution in [0.15, 0.2) is 46.9 Å². The second-order valence-electron chi connectivity index (χ2n) is 3.91. The number of halogens is 3. The zero-order valence-corrected chi connectivity index (χ0v) is 11.8. The summed E-state index contributed by atoms with van der Waals surface area (Å²) in [7, 11) is 0. The first-order chi connectivity index (χ1) is 9.58. The Labute approximate surface area is 122 Å². The number of carbonyl (C=O) groups excluding carboxylic acids is 1. The molecule has 0 aliphatic heterocycles. The molecule has 0 aromatic heterocycles. The van der Waals surface area contributed by atoms with E-state index in [-0.39, 0.29) is 16.8 Å². The number of carbonyl (C=O) groups is 1. The third-order valence-electron chi connectivity index (χ3n) is 2.48. The van der Waals surface area contributed by atoms with Crippen LogP contribution in [0.5, 0.6) is 0 Å². The van der Waals surface area contributed by atoms with Gasteiger partial charge in [0.05, 0.1) is 10.2 Å². The van der Waals surface area contributed by atoms with Gasteiger partial charge in [0.15, 0.2) is 11.6 Å². The van der Waals surface area contributed by atoms with E-state index >= 15 is 0 Å². The molecule has 1 N–H and O–H groups in total. The summed E-state index contributed by atoms with van der Waals surface area (Å²) >= 11 is 2.87. The van der Waals surface area contributed by atoms with Gasteiger partial charge >= 0.3 is 6.09 Å². The minimum absolute atomic E-state index is 0.0912. The molecule has 0 fully saturated rings. The molecule has 1 amide bonds. The maximum absolute atomic E-state index is 13.3. The van der Waals surface area contributed by atoms with Crippen molar-refractivity contribution >= 4 is 27.7 Å². The van der Waals surface area contributed by atoms with Crippen LogP contribution in [-0.2, 0) is 11.3 Å². The van der Waals surface area contributed by atoms with E-state index in [1.807, 2.05) is 18.2 Å². The average molecular weight is 342 g/mol. The van der Waals surface area contributed by atoms with Crippen LogP contribution in [-0.4, -0.2) is 6.09 Å². The smallest absolute Gasteiger partial charge is 0.411 e. The fourth-order valence-electron chi connectivity index (χ4n) is 1.49. The summed E-state index contributed by atoms with van der Waals surface area (Å²) < 4.78 is 31.0. The Morgan fingerprint density at radius 3 is 2.55 bits per heavy atom. The largest absolute Gasteiger partial charge is 0.444 e. The highest BCUT2D eigenvalue weighted by Gasteiger charge is 2.13. The standard InChI is InChI=1S/C14H10BrF2NO2/c15-12-11(7-6-10(16)13(12)17)18-14(19)20-8-9-4-2-1-3-5-9/h1-7H,8H2,(H,18,19). The number of anilines is 1. The maximum Gasteiger partial charge on any atom is 0.411 e. The second kappa shape index (κ2) is 6.47. The van der Waals surface area contributed by atoms with Gasteiger partial charge in [-0.2, -0.15) is 0 Å². The molecule has 20 heavy (non-hydrogen) atoms. The molecule has 0 aliphatic rings. The second-order valence-corrected chi connectivity index (χ2v) is 4.70. The molecular formula is C14H10BrF2NO2. The number of nitrogens with one attached hydrogen (secondary N) is 1. The Morgan fingerprint density at radius 2 is 1.85 bits per heavy atom. The molecule has 0 heterocycles. The Balaban J connectivity index is 1.97. The first-order valence-corrected chi connectivity index (χ1v) is 6.48. The molecule has 104 valence electrons. The van der Waals surface area contributed by atoms with Crippen LogP contribution in [0, 0.1) is 11.6 Å². The highest BCUT2D eigenvalue weighted by atomic mass is 79.9. The van der Waals surface area contributed by atoms with Gasteiger partial charge in [0.2, 0.25) is 0 Å². The Morgan fingerprint density at radius 1 is 1.15 bits per heavy atom. The fourth-order valence-corrected chi connectivity index (χ4v) is 1.91. The molecular weight excluding hydrogens is 332 g/mol. The Bertz CT molecular complexity index is 620. The molecule has 0 bridgehead atoms. The van der Waals surface area contributed by atoms with E-state index in [2.05, 4.69) is 21.2 Å². The average Bonchev–Trinajstić information content (AvgIpc) is 2.47. The molecule has 0 spiro atoms. The maximum atomic E-state index is 13.3. The summed E-state index contributed by atoms with van der Waals surface area (Å²) in [6, 6.07) is 11.3. The highest BCUT2D eigenvalue weighted by Crippen LogP contribution is 2.27. The third kappa shape index (κ3) is 3.54. The van der Waals surface area contributed by atoms with Crippen molar-refractivity contribution in [3.63, 3.8) is 0 Å². The molecule has 2 aromatic rings. The van der Waals surface area contributed by atoms with Crippen molar-refractivity contribution in [2.24, 2.45) is 0 Å². The molecule has 3 nitrogen and oxygen atoms in total. The lowest BCUT2D eigenvalue weighted by atomic mass is 10.2. The van der Waals surface area contributed by atoms with Crippen molar-refractivity contribution in [1.82, 2.24) is 0 Å². The van der Waals surface area contributed by atoms with Gasteiger partial charge < -0.3 is 4.74 Å². The molecule has 2 aromatic carbocycles. The molecule has 2 rings (SSSR count). The third-order valence-corrected chi connectivity index (χ3v) is 3.26. The summed E-state index contributed by atoms with van der Waals surface area (Å²) in [5.41, 5.74) is 0.925. The lowest BCUT2D eigenvalue weighted by Gasteiger charge is -2.09. The van der Waals surface area contributed by atoms with E-state index < -0.39 is 17.7 Å². The van der Waals surface area contributed by atoms with Crippen LogP contribution in [0.2, 0.25) is 0 Å². The van der Waals surface area contributed by atoms with E-state index in [1.165, 1.54) is 6.07 Å². The topological polar surface area (TPSA) is 38.3 Å². The quantitative estimate of drug-likeness (QED) is 0.836. The molecule has 0 atom stereocenters. The summed E-state index contributed by atoms with van der Waals surface area (Å²) in [6.45, 7) is 0.0912. The van der Waals surface area contributed by atoms with Crippen LogP contribution < -0.4 is 5.32 Å². The van der Waals surface area contributed by atoms with Gasteiger partial charge in [-0.3, -0.25) is 5.32 Å². The van der Waals surface area contributed by atoms with Crippen LogP contribution in [0.25, 0.3) is 0 Å². The summed E-state index contributed by atoms with van der Waals surface area (Å²) in [6.07, 6.45) is -0.749. The zero-order chi connectivity index (χ0) is 14.5. The van der Waals surface area contributed by atoms with E-state index in [0.717, 1.165) is 11.6 Å². The fraction of sp³-hybridized carbons (Fsp3) is 0.0714. The molecule has 6 heteroatoms. The van der Waals surface area contributed by atoms with Crippen LogP contribution in [0.3, 0.4) is 0 Å². The van der Waals surface area contributed by atoms with E-state index in [0.29, 0.717) is 0 Å². The van der Waals surface area contributed by atoms with Gasteiger partial charge in [-0.05, 0) is 33.6 Å². The van der Waals surface area contributed by atoms with E-state index in [1.54, 1.807) is 12.1 Å². The van der Waals surface area contributed by atoms with Crippen LogP contribution in [0.4, 0.5) is 19.3 Å². The van der Waals surface area contributed by atoms with E-state index in [9.17, 15) is 13.6 Å². The first kappa shape index (κ1) is 14.5. The minimum atomic E-state index is -1.06. The Kier molecular flexibility index (Phi) is 4.68. The summed E-state index contributed by atoms with van der Waals surface area (Å²) in [4.78, 5) is 11.6. The number of amides is 1. The SMILES string of the molecule is O=C(Nc1ccc(F)c(F)c1Br)OCc1ccccc1. The summed E-state index contributed by atoms with van der Waals surface area (Å²) in [5, 5.41) is 2.33. The number of benzene rings is 2. The Hall–Kier alpha value is -1.95. The van der Waals surface area contributed by atoms with Crippen molar-refractivity contribution in [1.29, 1.82) is 0 Å². The monoisotopic (exact) mass is 341 g/mol. The minimum Gasteiger partial charge on any atom is -0.444 e. The molecule has 0 radical (unpaired) electrons. The van der Waals surface area contributed by atoms with Crippen molar-refractivity contribution in [3.05, 3.63) is 64.1 Å². The normalized spacial score (nSPS) is 10.2. The van der Waals surface area contributed by atoms with Crippen LogP contribution in [0.1, 0.15) is 5.56 Å². The van der Waals surface area contributed by atoms with Crippen molar-refractivity contribution < 1.29 is 18.3 Å². The lowest BCUT2D eigenvalue weighted by molar-refractivity contribution is 0.155. The van der Waals surface area contributed by atoms with E-state index in [4.69, 9.17) is 4.74 Å². The molecule has 0 aliphatic carbocycles. The van der Waals surface area contributed by atoms with Crippen LogP contribution >= 0.6 is 15.9 Å². The predicted octanol–water partition coefficient (Wildman–Crippen LogP) is 4.48. The van der Waals surface area contributed by atoms with Gasteiger partial charge in [-0.25, -0.2) is 13.6 Å². The summed E-state index contributed by atoms with van der Waals surface area (Å²) in [5.74, 6) is -2.06. The van der Waals surface area contributed by atoms with Gasteiger partial charge in [0.25, 0.3) is 0 Å². The molecule has 0 unspecified atom stereocenters. The first-order valence-electron chi connectivity index (χ1n) is 5.69. The lowest BCUT2D eigenvalue weighted by Crippen LogP contribution is -2.14. The number of rotatable bonds is 3. The van der Waals surface area contributed by atoms with Gasteiger partial charge in [-0.15, -0.1) is 0 Å². The van der Waals surface area contributed by atoms with Gasteiger partial charge in [-0.1, -0.05) is 30.3 Å². The van der Waals surface area contributed by atoms with Crippen molar-refractivity contribution in [2.45, 2.75) is 6.61 Å². The van der Waals surface area contributed by atoms with Gasteiger partial charge in [0, 0.05) is 0 Å². The van der Waals surface area contributed by atoms with Crippen molar-refractivity contribution in [3.8, 4) is 0 Å². The molecule has 0 saturated heterocycles. The van der Waals surface area contributed by atoms with Crippen molar-refractivity contribution in [2.75, 3.05) is 5.32 Å². The molecule has 0 saturated carbocycles. The number of ether oxygens (including phenoxy) is 1.